The molecule has 2 aliphatic rings. The molecule has 2 unspecified atom stereocenters. The molecule has 1 aliphatic heterocycles. The van der Waals surface area contributed by atoms with Crippen molar-refractivity contribution < 1.29 is 8.42 Å². The largest absolute Gasteiger partial charge is 0.317 e. The second kappa shape index (κ2) is 7.93. The van der Waals surface area contributed by atoms with E-state index in [1.807, 2.05) is 0 Å². The van der Waals surface area contributed by atoms with Crippen molar-refractivity contribution in [1.82, 2.24) is 9.62 Å². The molecule has 0 spiro atoms. The van der Waals surface area contributed by atoms with E-state index in [9.17, 15) is 8.42 Å². The number of nitrogens with one attached hydrogen (secondary N) is 1. The summed E-state index contributed by atoms with van der Waals surface area (Å²) in [6, 6.07) is 0.563. The molecular formula is C16H32N2O2S. The lowest BCUT2D eigenvalue weighted by atomic mass is 9.83. The molecule has 5 heteroatoms. The van der Waals surface area contributed by atoms with Crippen LogP contribution in [-0.2, 0) is 10.0 Å². The zero-order chi connectivity index (χ0) is 15.3. The van der Waals surface area contributed by atoms with Crippen LogP contribution < -0.4 is 5.32 Å². The summed E-state index contributed by atoms with van der Waals surface area (Å²) < 4.78 is 25.2. The third-order valence-corrected chi connectivity index (χ3v) is 6.65. The van der Waals surface area contributed by atoms with Crippen molar-refractivity contribution >= 4 is 10.0 Å². The van der Waals surface area contributed by atoms with E-state index in [1.165, 1.54) is 51.2 Å². The molecular weight excluding hydrogens is 284 g/mol. The van der Waals surface area contributed by atoms with Gasteiger partial charge in [0.25, 0.3) is 0 Å². The van der Waals surface area contributed by atoms with Gasteiger partial charge in [0, 0.05) is 19.1 Å². The van der Waals surface area contributed by atoms with Gasteiger partial charge in [0.1, 0.15) is 0 Å². The summed E-state index contributed by atoms with van der Waals surface area (Å²) in [5, 5.41) is 3.53. The Hall–Kier alpha value is -0.130. The molecule has 1 heterocycles. The molecule has 124 valence electrons. The van der Waals surface area contributed by atoms with E-state index in [0.29, 0.717) is 18.5 Å². The molecule has 0 bridgehead atoms. The Kier molecular flexibility index (Phi) is 6.51. The van der Waals surface area contributed by atoms with E-state index in [4.69, 9.17) is 0 Å². The average molecular weight is 317 g/mol. The fourth-order valence-electron chi connectivity index (χ4n) is 4.14. The third-order valence-electron chi connectivity index (χ3n) is 5.38. The maximum Gasteiger partial charge on any atom is 0.211 e. The molecule has 1 saturated carbocycles. The molecule has 1 N–H and O–H groups in total. The second-order valence-corrected chi connectivity index (χ2v) is 8.99. The summed E-state index contributed by atoms with van der Waals surface area (Å²) in [5.41, 5.74) is 0. The molecule has 2 atom stereocenters. The first-order valence-corrected chi connectivity index (χ1v) is 10.5. The van der Waals surface area contributed by atoms with Crippen LogP contribution in [0.15, 0.2) is 0 Å². The van der Waals surface area contributed by atoms with Crippen LogP contribution in [0.5, 0.6) is 0 Å². The van der Waals surface area contributed by atoms with Crippen LogP contribution in [0.25, 0.3) is 0 Å². The Bertz CT molecular complexity index is 403. The van der Waals surface area contributed by atoms with E-state index >= 15 is 0 Å². The van der Waals surface area contributed by atoms with Crippen molar-refractivity contribution in [1.29, 1.82) is 0 Å². The molecule has 1 aliphatic carbocycles. The van der Waals surface area contributed by atoms with Crippen molar-refractivity contribution in [3.63, 3.8) is 0 Å². The first-order valence-electron chi connectivity index (χ1n) is 8.63. The molecule has 4 nitrogen and oxygen atoms in total. The highest BCUT2D eigenvalue weighted by Crippen LogP contribution is 2.30. The lowest BCUT2D eigenvalue weighted by Crippen LogP contribution is -2.43. The van der Waals surface area contributed by atoms with Crippen molar-refractivity contribution in [2.24, 2.45) is 11.8 Å². The smallest absolute Gasteiger partial charge is 0.211 e. The lowest BCUT2D eigenvalue weighted by molar-refractivity contribution is 0.210. The molecule has 0 amide bonds. The number of rotatable bonds is 5. The predicted molar refractivity (Wildman–Crippen MR) is 87.8 cm³/mol. The number of hydrogen-bond donors (Lipinski definition) is 1. The fraction of sp³-hybridized carbons (Fsp3) is 1.00. The van der Waals surface area contributed by atoms with Gasteiger partial charge in [-0.25, -0.2) is 12.7 Å². The standard InChI is InChI=1S/C16H32N2O2S/c1-17-16(15-9-5-3-4-6-10-15)12-14-8-7-11-18(13-14)21(2,19)20/h14-17H,3-13H2,1-2H3. The number of sulfonamides is 1. The molecule has 0 aromatic rings. The van der Waals surface area contributed by atoms with Crippen LogP contribution in [0, 0.1) is 11.8 Å². The Morgan fingerprint density at radius 2 is 1.76 bits per heavy atom. The molecule has 0 radical (unpaired) electrons. The van der Waals surface area contributed by atoms with E-state index in [-0.39, 0.29) is 0 Å². The molecule has 0 aromatic heterocycles. The van der Waals surface area contributed by atoms with Gasteiger partial charge >= 0.3 is 0 Å². The van der Waals surface area contributed by atoms with Crippen LogP contribution >= 0.6 is 0 Å². The van der Waals surface area contributed by atoms with Gasteiger partial charge in [-0.3, -0.25) is 0 Å². The van der Waals surface area contributed by atoms with E-state index in [2.05, 4.69) is 12.4 Å². The lowest BCUT2D eigenvalue weighted by Gasteiger charge is -2.35. The van der Waals surface area contributed by atoms with E-state index in [0.717, 1.165) is 25.3 Å². The molecule has 2 fully saturated rings. The quantitative estimate of drug-likeness (QED) is 0.793. The van der Waals surface area contributed by atoms with Crippen molar-refractivity contribution in [3.8, 4) is 0 Å². The Morgan fingerprint density at radius 1 is 1.10 bits per heavy atom. The van der Waals surface area contributed by atoms with Gasteiger partial charge in [0.15, 0.2) is 0 Å². The zero-order valence-electron chi connectivity index (χ0n) is 13.7. The first kappa shape index (κ1) is 17.2. The van der Waals surface area contributed by atoms with Gasteiger partial charge in [-0.05, 0) is 51.0 Å². The minimum Gasteiger partial charge on any atom is -0.317 e. The van der Waals surface area contributed by atoms with E-state index in [1.54, 1.807) is 4.31 Å². The summed E-state index contributed by atoms with van der Waals surface area (Å²) in [5.74, 6) is 1.31. The van der Waals surface area contributed by atoms with Crippen LogP contribution in [0.2, 0.25) is 0 Å². The minimum absolute atomic E-state index is 0.522. The van der Waals surface area contributed by atoms with Gasteiger partial charge < -0.3 is 5.32 Å². The van der Waals surface area contributed by atoms with Gasteiger partial charge in [0.05, 0.1) is 6.26 Å². The molecule has 1 saturated heterocycles. The summed E-state index contributed by atoms with van der Waals surface area (Å²) in [6.07, 6.45) is 12.9. The molecule has 2 rings (SSSR count). The Morgan fingerprint density at radius 3 is 2.33 bits per heavy atom. The average Bonchev–Trinajstić information content (AvgIpc) is 2.73. The van der Waals surface area contributed by atoms with Gasteiger partial charge in [-0.1, -0.05) is 25.7 Å². The highest BCUT2D eigenvalue weighted by Gasteiger charge is 2.30. The zero-order valence-corrected chi connectivity index (χ0v) is 14.5. The number of nitrogens with zero attached hydrogens (tertiary/aromatic N) is 1. The van der Waals surface area contributed by atoms with Crippen LogP contribution in [0.3, 0.4) is 0 Å². The van der Waals surface area contributed by atoms with Crippen LogP contribution in [-0.4, -0.2) is 45.2 Å². The van der Waals surface area contributed by atoms with E-state index < -0.39 is 10.0 Å². The highest BCUT2D eigenvalue weighted by molar-refractivity contribution is 7.88. The summed E-state index contributed by atoms with van der Waals surface area (Å²) in [6.45, 7) is 1.44. The van der Waals surface area contributed by atoms with Gasteiger partial charge in [-0.15, -0.1) is 0 Å². The van der Waals surface area contributed by atoms with Gasteiger partial charge in [0.2, 0.25) is 10.0 Å². The maximum absolute atomic E-state index is 11.7. The molecule has 0 aromatic carbocycles. The summed E-state index contributed by atoms with van der Waals surface area (Å²) in [4.78, 5) is 0. The van der Waals surface area contributed by atoms with Crippen molar-refractivity contribution in [3.05, 3.63) is 0 Å². The molecule has 21 heavy (non-hydrogen) atoms. The van der Waals surface area contributed by atoms with Gasteiger partial charge in [-0.2, -0.15) is 0 Å². The Labute approximate surface area is 130 Å². The monoisotopic (exact) mass is 316 g/mol. The summed E-state index contributed by atoms with van der Waals surface area (Å²) in [7, 11) is -0.943. The normalized spacial score (nSPS) is 28.2. The number of hydrogen-bond acceptors (Lipinski definition) is 3. The number of piperidine rings is 1. The first-order chi connectivity index (χ1) is 10.0. The predicted octanol–water partition coefficient (Wildman–Crippen LogP) is 2.61. The van der Waals surface area contributed by atoms with Crippen molar-refractivity contribution in [2.45, 2.75) is 63.8 Å². The topological polar surface area (TPSA) is 49.4 Å². The van der Waals surface area contributed by atoms with Crippen LogP contribution in [0.1, 0.15) is 57.8 Å². The maximum atomic E-state index is 11.7. The third kappa shape index (κ3) is 5.22. The Balaban J connectivity index is 1.91. The fourth-order valence-corrected chi connectivity index (χ4v) is 5.08. The van der Waals surface area contributed by atoms with Crippen molar-refractivity contribution in [2.75, 3.05) is 26.4 Å². The SMILES string of the molecule is CNC(CC1CCCN(S(C)(=O)=O)C1)C1CCCCCC1. The highest BCUT2D eigenvalue weighted by atomic mass is 32.2. The minimum atomic E-state index is -3.02. The second-order valence-electron chi connectivity index (χ2n) is 7.01. The summed E-state index contributed by atoms with van der Waals surface area (Å²) >= 11 is 0. The van der Waals surface area contributed by atoms with Crippen LogP contribution in [0.4, 0.5) is 0 Å².